The maximum atomic E-state index is 14.8. The largest absolute Gasteiger partial charge is 0.367 e. The highest BCUT2D eigenvalue weighted by atomic mass is 31.0. The molecule has 4 rings (SSSR count). The fourth-order valence-corrected chi connectivity index (χ4v) is 4.18. The number of H-pyrrole nitrogens is 1. The van der Waals surface area contributed by atoms with Gasteiger partial charge in [-0.3, -0.25) is 4.79 Å². The molecule has 1 fully saturated rings. The molecule has 7 nitrogen and oxygen atoms in total. The summed E-state index contributed by atoms with van der Waals surface area (Å²) in [7, 11) is 2.25. The second-order valence-corrected chi connectivity index (χ2v) is 10.1. The summed E-state index contributed by atoms with van der Waals surface area (Å²) in [6, 6.07) is 2.89. The van der Waals surface area contributed by atoms with E-state index in [9.17, 15) is 18.0 Å². The van der Waals surface area contributed by atoms with Gasteiger partial charge in [0, 0.05) is 18.8 Å². The average Bonchev–Trinajstić information content (AvgIpc) is 3.18. The summed E-state index contributed by atoms with van der Waals surface area (Å²) in [6.45, 7) is 2.80. The Morgan fingerprint density at radius 1 is 1.27 bits per heavy atom. The van der Waals surface area contributed by atoms with Crippen LogP contribution < -0.4 is 10.6 Å². The minimum Gasteiger partial charge on any atom is -0.367 e. The summed E-state index contributed by atoms with van der Waals surface area (Å²) in [4.78, 5) is 28.1. The summed E-state index contributed by atoms with van der Waals surface area (Å²) in [5.74, 6) is -0.952. The van der Waals surface area contributed by atoms with Crippen molar-refractivity contribution in [2.75, 3.05) is 17.2 Å². The molecule has 3 heterocycles. The lowest BCUT2D eigenvalue weighted by Crippen LogP contribution is -2.31. The van der Waals surface area contributed by atoms with Crippen molar-refractivity contribution < 1.29 is 18.0 Å². The van der Waals surface area contributed by atoms with E-state index in [2.05, 4.69) is 39.8 Å². The van der Waals surface area contributed by atoms with Crippen LogP contribution in [0.1, 0.15) is 55.5 Å². The number of nitrogens with one attached hydrogen (secondary N) is 3. The van der Waals surface area contributed by atoms with Crippen LogP contribution in [0.4, 0.5) is 24.8 Å². The van der Waals surface area contributed by atoms with Gasteiger partial charge in [-0.25, -0.2) is 23.7 Å². The van der Waals surface area contributed by atoms with Crippen LogP contribution in [0.25, 0.3) is 11.0 Å². The lowest BCUT2D eigenvalue weighted by molar-refractivity contribution is 0.103. The zero-order valence-electron chi connectivity index (χ0n) is 18.4. The van der Waals surface area contributed by atoms with E-state index in [4.69, 9.17) is 0 Å². The van der Waals surface area contributed by atoms with Crippen molar-refractivity contribution in [2.24, 2.45) is 0 Å². The summed E-state index contributed by atoms with van der Waals surface area (Å²) in [5.41, 5.74) is -1.19. The Labute approximate surface area is 191 Å². The molecule has 3 N–H and O–H groups in total. The van der Waals surface area contributed by atoms with Crippen LogP contribution in [0.15, 0.2) is 24.7 Å². The third-order valence-corrected chi connectivity index (χ3v) is 6.23. The van der Waals surface area contributed by atoms with Gasteiger partial charge < -0.3 is 15.6 Å². The summed E-state index contributed by atoms with van der Waals surface area (Å²) in [6.07, 6.45) is 4.71. The molecule has 1 atom stereocenters. The number of rotatable bonds is 7. The smallest absolute Gasteiger partial charge is 0.226 e. The Hall–Kier alpha value is -2.74. The third kappa shape index (κ3) is 5.43. The highest BCUT2D eigenvalue weighted by Gasteiger charge is 2.31. The van der Waals surface area contributed by atoms with Gasteiger partial charge in [0.15, 0.2) is 5.78 Å². The van der Waals surface area contributed by atoms with Gasteiger partial charge in [0.1, 0.15) is 34.7 Å². The van der Waals surface area contributed by atoms with Crippen molar-refractivity contribution >= 4 is 37.7 Å². The van der Waals surface area contributed by atoms with E-state index in [0.29, 0.717) is 42.5 Å². The van der Waals surface area contributed by atoms with Crippen molar-refractivity contribution in [2.45, 2.75) is 56.7 Å². The Morgan fingerprint density at radius 3 is 2.67 bits per heavy atom. The number of ketones is 1. The summed E-state index contributed by atoms with van der Waals surface area (Å²) in [5, 5.41) is 5.11. The number of anilines is 2. The van der Waals surface area contributed by atoms with Gasteiger partial charge in [-0.2, -0.15) is 4.39 Å². The van der Waals surface area contributed by atoms with E-state index in [1.165, 1.54) is 38.5 Å². The van der Waals surface area contributed by atoms with Gasteiger partial charge in [0.25, 0.3) is 0 Å². The zero-order chi connectivity index (χ0) is 23.8. The molecule has 0 spiro atoms. The molecule has 176 valence electrons. The SMILES string of the molecule is CC(C)(F)CNc1ncnc2[nH]cc(C(=O)c3ccc(NC4CCC(F)(P)CC4)nc3F)c12. The van der Waals surface area contributed by atoms with E-state index < -0.39 is 22.8 Å². The number of nitrogens with zero attached hydrogens (tertiary/aromatic N) is 3. The molecule has 33 heavy (non-hydrogen) atoms. The molecule has 1 saturated carbocycles. The summed E-state index contributed by atoms with van der Waals surface area (Å²) >= 11 is 0. The molecule has 1 unspecified atom stereocenters. The van der Waals surface area contributed by atoms with Gasteiger partial charge in [-0.05, 0) is 51.7 Å². The maximum absolute atomic E-state index is 14.8. The molecule has 1 aliphatic carbocycles. The number of halogens is 3. The number of aromatic amines is 1. The van der Waals surface area contributed by atoms with E-state index in [-0.39, 0.29) is 29.5 Å². The molecule has 0 aromatic carbocycles. The van der Waals surface area contributed by atoms with Crippen LogP contribution in [0.3, 0.4) is 0 Å². The lowest BCUT2D eigenvalue weighted by Gasteiger charge is -2.31. The molecule has 0 radical (unpaired) electrons. The number of hydrogen-bond donors (Lipinski definition) is 3. The predicted molar refractivity (Wildman–Crippen MR) is 125 cm³/mol. The molecule has 0 amide bonds. The number of pyridine rings is 1. The van der Waals surface area contributed by atoms with Gasteiger partial charge in [-0.1, -0.05) is 9.24 Å². The van der Waals surface area contributed by atoms with Gasteiger partial charge >= 0.3 is 0 Å². The van der Waals surface area contributed by atoms with Crippen molar-refractivity contribution in [3.05, 3.63) is 41.7 Å². The van der Waals surface area contributed by atoms with Crippen molar-refractivity contribution in [3.8, 4) is 0 Å². The number of aromatic nitrogens is 4. The average molecular weight is 478 g/mol. The van der Waals surface area contributed by atoms with Crippen LogP contribution >= 0.6 is 9.24 Å². The maximum Gasteiger partial charge on any atom is 0.226 e. The first-order chi connectivity index (χ1) is 15.5. The topological polar surface area (TPSA) is 95.6 Å². The molecule has 0 saturated heterocycles. The number of carbonyl (C=O) groups is 1. The quantitative estimate of drug-likeness (QED) is 0.257. The van der Waals surface area contributed by atoms with Crippen LogP contribution in [0.2, 0.25) is 0 Å². The highest BCUT2D eigenvalue weighted by Crippen LogP contribution is 2.38. The minimum absolute atomic E-state index is 0.0120. The summed E-state index contributed by atoms with van der Waals surface area (Å²) < 4.78 is 42.7. The first-order valence-corrected chi connectivity index (χ1v) is 11.3. The second-order valence-electron chi connectivity index (χ2n) is 9.04. The number of fused-ring (bicyclic) bond motifs is 1. The highest BCUT2D eigenvalue weighted by molar-refractivity contribution is 7.18. The van der Waals surface area contributed by atoms with Crippen LogP contribution in [-0.4, -0.2) is 49.4 Å². The minimum atomic E-state index is -1.50. The number of carbonyl (C=O) groups excluding carboxylic acids is 1. The van der Waals surface area contributed by atoms with Gasteiger partial charge in [0.05, 0.1) is 16.5 Å². The van der Waals surface area contributed by atoms with Crippen LogP contribution in [0.5, 0.6) is 0 Å². The fourth-order valence-electron chi connectivity index (χ4n) is 3.85. The van der Waals surface area contributed by atoms with E-state index in [0.717, 1.165) is 0 Å². The van der Waals surface area contributed by atoms with E-state index >= 15 is 0 Å². The van der Waals surface area contributed by atoms with Crippen molar-refractivity contribution in [1.29, 1.82) is 0 Å². The number of hydrogen-bond acceptors (Lipinski definition) is 6. The van der Waals surface area contributed by atoms with E-state index in [1.807, 2.05) is 0 Å². The molecular formula is C22H26F3N6OP. The molecule has 1 aliphatic rings. The van der Waals surface area contributed by atoms with Crippen LogP contribution in [-0.2, 0) is 0 Å². The molecule has 11 heteroatoms. The van der Waals surface area contributed by atoms with Gasteiger partial charge in [0.2, 0.25) is 5.95 Å². The molecular weight excluding hydrogens is 452 g/mol. The first-order valence-electron chi connectivity index (χ1n) is 10.7. The molecule has 3 aromatic rings. The Morgan fingerprint density at radius 2 is 2.00 bits per heavy atom. The van der Waals surface area contributed by atoms with Gasteiger partial charge in [-0.15, -0.1) is 0 Å². The van der Waals surface area contributed by atoms with E-state index in [1.54, 1.807) is 0 Å². The first kappa shape index (κ1) is 23.4. The molecule has 3 aromatic heterocycles. The molecule has 0 aliphatic heterocycles. The Bertz CT molecular complexity index is 1170. The Balaban J connectivity index is 1.56. The second kappa shape index (κ2) is 8.89. The zero-order valence-corrected chi connectivity index (χ0v) is 19.5. The monoisotopic (exact) mass is 478 g/mol. The number of alkyl halides is 2. The lowest BCUT2D eigenvalue weighted by atomic mass is 9.93. The van der Waals surface area contributed by atoms with Crippen molar-refractivity contribution in [3.63, 3.8) is 0 Å². The van der Waals surface area contributed by atoms with Crippen molar-refractivity contribution in [1.82, 2.24) is 19.9 Å². The molecule has 0 bridgehead atoms. The Kier molecular flexibility index (Phi) is 6.31. The third-order valence-electron chi connectivity index (χ3n) is 5.65. The predicted octanol–water partition coefficient (Wildman–Crippen LogP) is 4.78. The fraction of sp³-hybridized carbons (Fsp3) is 0.455. The normalized spacial score (nSPS) is 21.2. The standard InChI is InChI=1S/C22H26F3N6OP/c1-21(2,24)10-27-20-16-14(9-26-19(16)28-11-29-20)17(32)13-3-4-15(31-18(13)23)30-12-5-7-22(25,33)8-6-12/h3-4,9,11-12H,5-8,10,33H2,1-2H3,(H,30,31)(H2,26,27,28,29). The van der Waals surface area contributed by atoms with Crippen LogP contribution in [0, 0.1) is 5.95 Å².